The van der Waals surface area contributed by atoms with E-state index in [4.69, 9.17) is 14.5 Å². The number of likely N-dealkylation sites (N-methyl/N-ethyl adjacent to an activating group) is 1. The Morgan fingerprint density at radius 2 is 1.79 bits per heavy atom. The molecule has 0 N–H and O–H groups in total. The van der Waals surface area contributed by atoms with Crippen LogP contribution in [0.4, 0.5) is 5.95 Å². The highest BCUT2D eigenvalue weighted by Gasteiger charge is 2.32. The molecule has 2 heterocycles. The predicted octanol–water partition coefficient (Wildman–Crippen LogP) is 2.47. The van der Waals surface area contributed by atoms with Crippen LogP contribution < -0.4 is 14.4 Å². The smallest absolute Gasteiger partial charge is 0.225 e. The van der Waals surface area contributed by atoms with E-state index >= 15 is 0 Å². The lowest BCUT2D eigenvalue weighted by molar-refractivity contribution is 0.0961. The van der Waals surface area contributed by atoms with Crippen molar-refractivity contribution in [1.82, 2.24) is 14.9 Å². The van der Waals surface area contributed by atoms with E-state index in [1.807, 2.05) is 25.1 Å². The summed E-state index contributed by atoms with van der Waals surface area (Å²) in [5.74, 6) is 2.37. The maximum Gasteiger partial charge on any atom is 0.225 e. The van der Waals surface area contributed by atoms with Gasteiger partial charge in [0.05, 0.1) is 31.2 Å². The number of carbonyl (C=O) groups excluding carboxylic acids is 1. The summed E-state index contributed by atoms with van der Waals surface area (Å²) in [7, 11) is 5.41. The molecule has 1 aromatic carbocycles. The molecule has 1 aliphatic carbocycles. The number of rotatable bonds is 4. The molecule has 1 aromatic heterocycles. The third-order valence-electron chi connectivity index (χ3n) is 5.97. The van der Waals surface area contributed by atoms with Gasteiger partial charge in [-0.05, 0) is 32.0 Å². The number of aromatic nitrogens is 2. The Kier molecular flexibility index (Phi) is 5.41. The van der Waals surface area contributed by atoms with Gasteiger partial charge >= 0.3 is 0 Å². The fraction of sp³-hybridized carbons (Fsp3) is 0.500. The lowest BCUT2D eigenvalue weighted by Gasteiger charge is -2.33. The van der Waals surface area contributed by atoms with Crippen molar-refractivity contribution in [2.24, 2.45) is 0 Å². The number of Topliss-reactive ketones (excluding diaryl/α,β-unsaturated/α-hetero) is 1. The number of ether oxygens (including phenoxy) is 2. The van der Waals surface area contributed by atoms with Crippen LogP contribution in [0.5, 0.6) is 11.5 Å². The number of aryl methyl sites for hydroxylation is 1. The minimum absolute atomic E-state index is 0.0329. The first-order valence-corrected chi connectivity index (χ1v) is 10.1. The zero-order chi connectivity index (χ0) is 20.5. The van der Waals surface area contributed by atoms with E-state index in [2.05, 4.69) is 21.8 Å². The van der Waals surface area contributed by atoms with Gasteiger partial charge in [0.25, 0.3) is 0 Å². The summed E-state index contributed by atoms with van der Waals surface area (Å²) in [6, 6.07) is 5.78. The molecule has 0 saturated carbocycles. The van der Waals surface area contributed by atoms with Crippen LogP contribution in [0.2, 0.25) is 0 Å². The van der Waals surface area contributed by atoms with Crippen LogP contribution in [0.15, 0.2) is 18.2 Å². The van der Waals surface area contributed by atoms with Crippen molar-refractivity contribution in [3.05, 3.63) is 40.7 Å². The fourth-order valence-electron chi connectivity index (χ4n) is 4.28. The monoisotopic (exact) mass is 396 g/mol. The van der Waals surface area contributed by atoms with Crippen LogP contribution in [-0.4, -0.2) is 68.1 Å². The normalized spacial score (nSPS) is 19.8. The molecule has 1 aliphatic heterocycles. The molecule has 0 radical (unpaired) electrons. The summed E-state index contributed by atoms with van der Waals surface area (Å²) in [6.07, 6.45) is 1.14. The lowest BCUT2D eigenvalue weighted by atomic mass is 9.81. The Morgan fingerprint density at radius 3 is 2.48 bits per heavy atom. The van der Waals surface area contributed by atoms with Crippen molar-refractivity contribution in [2.45, 2.75) is 25.7 Å². The molecule has 4 rings (SSSR count). The van der Waals surface area contributed by atoms with E-state index in [0.29, 0.717) is 18.4 Å². The van der Waals surface area contributed by atoms with Crippen LogP contribution in [-0.2, 0) is 6.42 Å². The van der Waals surface area contributed by atoms with E-state index < -0.39 is 0 Å². The molecular weight excluding hydrogens is 368 g/mol. The number of fused-ring (bicyclic) bond motifs is 1. The van der Waals surface area contributed by atoms with Gasteiger partial charge in [0, 0.05) is 44.6 Å². The third kappa shape index (κ3) is 3.79. The molecule has 0 amide bonds. The van der Waals surface area contributed by atoms with Gasteiger partial charge in [-0.15, -0.1) is 0 Å². The minimum atomic E-state index is 0.0329. The van der Waals surface area contributed by atoms with Gasteiger partial charge in [0.2, 0.25) is 5.95 Å². The van der Waals surface area contributed by atoms with Crippen molar-refractivity contribution in [3.63, 3.8) is 0 Å². The van der Waals surface area contributed by atoms with Gasteiger partial charge in [-0.2, -0.15) is 0 Å². The van der Waals surface area contributed by atoms with Gasteiger partial charge in [0.1, 0.15) is 11.5 Å². The van der Waals surface area contributed by atoms with Gasteiger partial charge in [0.15, 0.2) is 5.78 Å². The van der Waals surface area contributed by atoms with E-state index in [-0.39, 0.29) is 11.7 Å². The van der Waals surface area contributed by atoms with Crippen LogP contribution in [0, 0.1) is 6.92 Å². The van der Waals surface area contributed by atoms with Crippen molar-refractivity contribution >= 4 is 11.7 Å². The summed E-state index contributed by atoms with van der Waals surface area (Å²) in [6.45, 7) is 5.71. The molecular formula is C22H28N4O3. The van der Waals surface area contributed by atoms with Gasteiger partial charge < -0.3 is 19.3 Å². The summed E-state index contributed by atoms with van der Waals surface area (Å²) < 4.78 is 10.9. The molecule has 2 aromatic rings. The maximum atomic E-state index is 13.0. The molecule has 1 atom stereocenters. The Balaban J connectivity index is 1.67. The Morgan fingerprint density at radius 1 is 1.03 bits per heavy atom. The van der Waals surface area contributed by atoms with E-state index in [1.165, 1.54) is 0 Å². The summed E-state index contributed by atoms with van der Waals surface area (Å²) in [5.41, 5.74) is 3.36. The first-order valence-electron chi connectivity index (χ1n) is 10.1. The van der Waals surface area contributed by atoms with Crippen LogP contribution in [0.3, 0.4) is 0 Å². The number of methoxy groups -OCH3 is 2. The van der Waals surface area contributed by atoms with Gasteiger partial charge in [-0.3, -0.25) is 4.79 Å². The number of nitrogens with zero attached hydrogens (tertiary/aromatic N) is 4. The Hall–Kier alpha value is -2.67. The Labute approximate surface area is 171 Å². The average molecular weight is 396 g/mol. The van der Waals surface area contributed by atoms with E-state index in [0.717, 1.165) is 60.6 Å². The number of hydrogen-bond acceptors (Lipinski definition) is 7. The zero-order valence-corrected chi connectivity index (χ0v) is 17.6. The molecule has 29 heavy (non-hydrogen) atoms. The maximum absolute atomic E-state index is 13.0. The molecule has 7 nitrogen and oxygen atoms in total. The molecule has 1 saturated heterocycles. The van der Waals surface area contributed by atoms with Gasteiger partial charge in [-0.25, -0.2) is 9.97 Å². The minimum Gasteiger partial charge on any atom is -0.497 e. The van der Waals surface area contributed by atoms with Crippen molar-refractivity contribution < 1.29 is 14.3 Å². The SMILES string of the molecule is COc1ccc(C2CC(=O)c3c(C)nc(N4CCN(C)CC4)nc3C2)c(OC)c1. The quantitative estimate of drug-likeness (QED) is 0.786. The Bertz CT molecular complexity index is 923. The standard InChI is InChI=1S/C22H28N4O3/c1-14-21-18(24-22(23-14)26-9-7-25(2)8-10-26)11-15(12-19(21)27)17-6-5-16(28-3)13-20(17)29-4/h5-6,13,15H,7-12H2,1-4H3. The molecule has 0 spiro atoms. The summed E-state index contributed by atoms with van der Waals surface area (Å²) in [5, 5.41) is 0. The second-order valence-electron chi connectivity index (χ2n) is 7.86. The van der Waals surface area contributed by atoms with E-state index in [9.17, 15) is 4.79 Å². The highest BCUT2D eigenvalue weighted by atomic mass is 16.5. The summed E-state index contributed by atoms with van der Waals surface area (Å²) >= 11 is 0. The average Bonchev–Trinajstić information content (AvgIpc) is 2.73. The molecule has 2 aliphatic rings. The van der Waals surface area contributed by atoms with E-state index in [1.54, 1.807) is 14.2 Å². The fourth-order valence-corrected chi connectivity index (χ4v) is 4.28. The van der Waals surface area contributed by atoms with Crippen molar-refractivity contribution in [1.29, 1.82) is 0 Å². The second-order valence-corrected chi connectivity index (χ2v) is 7.86. The molecule has 154 valence electrons. The van der Waals surface area contributed by atoms with Crippen molar-refractivity contribution in [2.75, 3.05) is 52.3 Å². The zero-order valence-electron chi connectivity index (χ0n) is 17.6. The first-order chi connectivity index (χ1) is 14.0. The largest absolute Gasteiger partial charge is 0.497 e. The second kappa shape index (κ2) is 7.99. The van der Waals surface area contributed by atoms with Crippen molar-refractivity contribution in [3.8, 4) is 11.5 Å². The molecule has 7 heteroatoms. The highest BCUT2D eigenvalue weighted by Crippen LogP contribution is 2.39. The predicted molar refractivity (Wildman–Crippen MR) is 111 cm³/mol. The van der Waals surface area contributed by atoms with Gasteiger partial charge in [-0.1, -0.05) is 6.07 Å². The number of ketones is 1. The number of carbonyl (C=O) groups is 1. The lowest BCUT2D eigenvalue weighted by Crippen LogP contribution is -2.45. The third-order valence-corrected chi connectivity index (χ3v) is 5.97. The molecule has 1 fully saturated rings. The molecule has 1 unspecified atom stereocenters. The number of benzene rings is 1. The number of piperazine rings is 1. The topological polar surface area (TPSA) is 67.8 Å². The first kappa shape index (κ1) is 19.6. The van der Waals surface area contributed by atoms with Crippen LogP contribution >= 0.6 is 0 Å². The number of hydrogen-bond donors (Lipinski definition) is 0. The van der Waals surface area contributed by atoms with Crippen LogP contribution in [0.25, 0.3) is 0 Å². The number of anilines is 1. The summed E-state index contributed by atoms with van der Waals surface area (Å²) in [4.78, 5) is 27.0. The molecule has 0 bridgehead atoms. The van der Waals surface area contributed by atoms with Crippen LogP contribution in [0.1, 0.15) is 39.6 Å². The highest BCUT2D eigenvalue weighted by molar-refractivity contribution is 5.99.